The van der Waals surface area contributed by atoms with Crippen molar-refractivity contribution in [2.75, 3.05) is 5.32 Å². The highest BCUT2D eigenvalue weighted by molar-refractivity contribution is 9.10. The standard InChI is InChI=1S/C12H8BrFN2O2/c13-10-4-7(12(17)18)6-15-11(10)16-9-3-1-2-8(14)5-9/h1-6H,(H,15,16)(H,17,18). The Balaban J connectivity index is 2.27. The zero-order valence-electron chi connectivity index (χ0n) is 9.02. The van der Waals surface area contributed by atoms with Gasteiger partial charge in [0, 0.05) is 11.9 Å². The van der Waals surface area contributed by atoms with Crippen molar-refractivity contribution in [1.82, 2.24) is 4.98 Å². The zero-order chi connectivity index (χ0) is 13.1. The van der Waals surface area contributed by atoms with Crippen LogP contribution in [0, 0.1) is 5.82 Å². The third kappa shape index (κ3) is 2.84. The highest BCUT2D eigenvalue weighted by Crippen LogP contribution is 2.24. The first kappa shape index (κ1) is 12.5. The van der Waals surface area contributed by atoms with Crippen molar-refractivity contribution in [2.45, 2.75) is 0 Å². The zero-order valence-corrected chi connectivity index (χ0v) is 10.6. The van der Waals surface area contributed by atoms with Crippen LogP contribution in [-0.2, 0) is 0 Å². The molecule has 2 N–H and O–H groups in total. The lowest BCUT2D eigenvalue weighted by Gasteiger charge is -2.08. The van der Waals surface area contributed by atoms with Gasteiger partial charge in [-0.2, -0.15) is 0 Å². The monoisotopic (exact) mass is 310 g/mol. The summed E-state index contributed by atoms with van der Waals surface area (Å²) >= 11 is 3.21. The molecule has 2 aromatic rings. The first-order chi connectivity index (χ1) is 8.56. The van der Waals surface area contributed by atoms with Crippen molar-refractivity contribution in [3.8, 4) is 0 Å². The second-order valence-corrected chi connectivity index (χ2v) is 4.35. The minimum Gasteiger partial charge on any atom is -0.478 e. The number of carbonyl (C=O) groups is 1. The summed E-state index contributed by atoms with van der Waals surface area (Å²) in [5.74, 6) is -0.996. The minimum atomic E-state index is -1.06. The number of carboxylic acid groups (broad SMARTS) is 1. The van der Waals surface area contributed by atoms with Gasteiger partial charge in [0.25, 0.3) is 0 Å². The van der Waals surface area contributed by atoms with E-state index in [2.05, 4.69) is 26.2 Å². The molecule has 0 amide bonds. The number of aromatic nitrogens is 1. The van der Waals surface area contributed by atoms with Crippen LogP contribution in [0.2, 0.25) is 0 Å². The predicted octanol–water partition coefficient (Wildman–Crippen LogP) is 3.43. The van der Waals surface area contributed by atoms with E-state index in [4.69, 9.17) is 5.11 Å². The van der Waals surface area contributed by atoms with E-state index in [0.29, 0.717) is 16.0 Å². The second kappa shape index (κ2) is 5.14. The molecule has 0 unspecified atom stereocenters. The Hall–Kier alpha value is -1.95. The largest absolute Gasteiger partial charge is 0.478 e. The van der Waals surface area contributed by atoms with Gasteiger partial charge in [0.15, 0.2) is 0 Å². The smallest absolute Gasteiger partial charge is 0.337 e. The van der Waals surface area contributed by atoms with Gasteiger partial charge in [-0.25, -0.2) is 14.2 Å². The van der Waals surface area contributed by atoms with Gasteiger partial charge in [0.1, 0.15) is 11.6 Å². The topological polar surface area (TPSA) is 62.2 Å². The normalized spacial score (nSPS) is 10.1. The Bertz CT molecular complexity index is 604. The van der Waals surface area contributed by atoms with E-state index in [1.54, 1.807) is 12.1 Å². The van der Waals surface area contributed by atoms with Crippen molar-refractivity contribution in [2.24, 2.45) is 0 Å². The molecule has 4 nitrogen and oxygen atoms in total. The van der Waals surface area contributed by atoms with Crippen molar-refractivity contribution in [1.29, 1.82) is 0 Å². The molecule has 1 heterocycles. The van der Waals surface area contributed by atoms with Crippen LogP contribution in [0.1, 0.15) is 10.4 Å². The van der Waals surface area contributed by atoms with Crippen LogP contribution in [0.15, 0.2) is 41.0 Å². The lowest BCUT2D eigenvalue weighted by Crippen LogP contribution is -2.00. The maximum absolute atomic E-state index is 13.0. The van der Waals surface area contributed by atoms with Crippen molar-refractivity contribution in [3.05, 3.63) is 52.4 Å². The van der Waals surface area contributed by atoms with Crippen molar-refractivity contribution >= 4 is 33.4 Å². The lowest BCUT2D eigenvalue weighted by atomic mass is 10.2. The first-order valence-corrected chi connectivity index (χ1v) is 5.77. The molecule has 0 aliphatic heterocycles. The van der Waals surface area contributed by atoms with Crippen LogP contribution in [0.5, 0.6) is 0 Å². The molecule has 0 radical (unpaired) electrons. The average molecular weight is 311 g/mol. The fourth-order valence-corrected chi connectivity index (χ4v) is 1.80. The molecular weight excluding hydrogens is 303 g/mol. The number of hydrogen-bond acceptors (Lipinski definition) is 3. The van der Waals surface area contributed by atoms with Crippen LogP contribution in [0.3, 0.4) is 0 Å². The molecule has 0 aliphatic rings. The lowest BCUT2D eigenvalue weighted by molar-refractivity contribution is 0.0696. The number of halogens is 2. The van der Waals surface area contributed by atoms with Gasteiger partial charge in [-0.05, 0) is 40.2 Å². The van der Waals surface area contributed by atoms with Gasteiger partial charge in [-0.3, -0.25) is 0 Å². The molecule has 0 aliphatic carbocycles. The quantitative estimate of drug-likeness (QED) is 0.911. The number of aromatic carboxylic acids is 1. The molecule has 1 aromatic carbocycles. The maximum atomic E-state index is 13.0. The van der Waals surface area contributed by atoms with Crippen LogP contribution in [0.25, 0.3) is 0 Å². The van der Waals surface area contributed by atoms with Gasteiger partial charge in [-0.15, -0.1) is 0 Å². The van der Waals surface area contributed by atoms with Gasteiger partial charge in [0.2, 0.25) is 0 Å². The van der Waals surface area contributed by atoms with E-state index >= 15 is 0 Å². The fraction of sp³-hybridized carbons (Fsp3) is 0. The molecule has 0 fully saturated rings. The number of benzene rings is 1. The Morgan fingerprint density at radius 3 is 2.78 bits per heavy atom. The molecule has 0 bridgehead atoms. The van der Waals surface area contributed by atoms with E-state index in [1.807, 2.05) is 0 Å². The maximum Gasteiger partial charge on any atom is 0.337 e. The predicted molar refractivity (Wildman–Crippen MR) is 68.6 cm³/mol. The first-order valence-electron chi connectivity index (χ1n) is 4.97. The summed E-state index contributed by atoms with van der Waals surface area (Å²) in [7, 11) is 0. The molecule has 1 aromatic heterocycles. The van der Waals surface area contributed by atoms with E-state index in [1.165, 1.54) is 24.4 Å². The van der Waals surface area contributed by atoms with Crippen molar-refractivity contribution < 1.29 is 14.3 Å². The van der Waals surface area contributed by atoms with Gasteiger partial charge in [-0.1, -0.05) is 6.07 Å². The third-order valence-corrected chi connectivity index (χ3v) is 2.78. The number of hydrogen-bond donors (Lipinski definition) is 2. The summed E-state index contributed by atoms with van der Waals surface area (Å²) in [5, 5.41) is 11.7. The second-order valence-electron chi connectivity index (χ2n) is 3.49. The Labute approximate surface area is 111 Å². The summed E-state index contributed by atoms with van der Waals surface area (Å²) < 4.78 is 13.5. The summed E-state index contributed by atoms with van der Waals surface area (Å²) in [6.45, 7) is 0. The highest BCUT2D eigenvalue weighted by Gasteiger charge is 2.08. The average Bonchev–Trinajstić information content (AvgIpc) is 2.31. The van der Waals surface area contributed by atoms with Crippen LogP contribution in [-0.4, -0.2) is 16.1 Å². The summed E-state index contributed by atoms with van der Waals surface area (Å²) in [6, 6.07) is 7.33. The van der Waals surface area contributed by atoms with Crippen molar-refractivity contribution in [3.63, 3.8) is 0 Å². The van der Waals surface area contributed by atoms with Gasteiger partial charge in [0.05, 0.1) is 10.0 Å². The summed E-state index contributed by atoms with van der Waals surface area (Å²) in [6.07, 6.45) is 1.23. The van der Waals surface area contributed by atoms with Gasteiger partial charge < -0.3 is 10.4 Å². The Morgan fingerprint density at radius 1 is 1.39 bits per heavy atom. The van der Waals surface area contributed by atoms with Crippen LogP contribution >= 0.6 is 15.9 Å². The molecule has 6 heteroatoms. The van der Waals surface area contributed by atoms with E-state index < -0.39 is 5.97 Å². The van der Waals surface area contributed by atoms with E-state index in [-0.39, 0.29) is 11.4 Å². The van der Waals surface area contributed by atoms with Crippen LogP contribution < -0.4 is 5.32 Å². The number of rotatable bonds is 3. The molecule has 0 saturated heterocycles. The third-order valence-electron chi connectivity index (χ3n) is 2.18. The summed E-state index contributed by atoms with van der Waals surface area (Å²) in [4.78, 5) is 14.7. The van der Waals surface area contributed by atoms with Gasteiger partial charge >= 0.3 is 5.97 Å². The molecular formula is C12H8BrFN2O2. The molecule has 0 saturated carbocycles. The number of anilines is 2. The Morgan fingerprint density at radius 2 is 2.17 bits per heavy atom. The van der Waals surface area contributed by atoms with E-state index in [0.717, 1.165) is 0 Å². The Kier molecular flexibility index (Phi) is 3.57. The number of nitrogens with zero attached hydrogens (tertiary/aromatic N) is 1. The van der Waals surface area contributed by atoms with E-state index in [9.17, 15) is 9.18 Å². The number of carboxylic acids is 1. The van der Waals surface area contributed by atoms with Crippen LogP contribution in [0.4, 0.5) is 15.9 Å². The fourth-order valence-electron chi connectivity index (χ4n) is 1.35. The number of pyridine rings is 1. The SMILES string of the molecule is O=C(O)c1cnc(Nc2cccc(F)c2)c(Br)c1. The molecule has 92 valence electrons. The highest BCUT2D eigenvalue weighted by atomic mass is 79.9. The molecule has 0 atom stereocenters. The minimum absolute atomic E-state index is 0.0756. The molecule has 0 spiro atoms. The molecule has 18 heavy (non-hydrogen) atoms. The number of nitrogens with one attached hydrogen (secondary N) is 1. The molecule has 2 rings (SSSR count). The summed E-state index contributed by atoms with van der Waals surface area (Å²) in [5.41, 5.74) is 0.609.